The van der Waals surface area contributed by atoms with Crippen molar-refractivity contribution in [1.29, 1.82) is 0 Å². The van der Waals surface area contributed by atoms with Crippen molar-refractivity contribution in [3.05, 3.63) is 88.4 Å². The van der Waals surface area contributed by atoms with Crippen LogP contribution in [0.4, 0.5) is 10.5 Å². The Hall–Kier alpha value is -3.78. The van der Waals surface area contributed by atoms with Crippen LogP contribution in [0.5, 0.6) is 17.2 Å². The Morgan fingerprint density at radius 1 is 0.933 bits per heavy atom. The van der Waals surface area contributed by atoms with Crippen molar-refractivity contribution in [2.45, 2.75) is 0 Å². The molecule has 0 atom stereocenters. The summed E-state index contributed by atoms with van der Waals surface area (Å²) in [6.07, 6.45) is 3.12. The van der Waals surface area contributed by atoms with Crippen LogP contribution >= 0.6 is 15.9 Å². The summed E-state index contributed by atoms with van der Waals surface area (Å²) >= 11 is 3.32. The van der Waals surface area contributed by atoms with Crippen molar-refractivity contribution in [3.63, 3.8) is 0 Å². The molecule has 7 nitrogen and oxygen atoms in total. The number of halogens is 1. The van der Waals surface area contributed by atoms with Gasteiger partial charge in [0.05, 0.1) is 5.71 Å². The lowest BCUT2D eigenvalue weighted by Gasteiger charge is -2.08. The highest BCUT2D eigenvalue weighted by atomic mass is 79.9. The number of phenolic OH excluding ortho intramolecular Hbond substituents is 3. The van der Waals surface area contributed by atoms with Crippen molar-refractivity contribution in [2.24, 2.45) is 5.10 Å². The summed E-state index contributed by atoms with van der Waals surface area (Å²) < 4.78 is 0.880. The summed E-state index contributed by atoms with van der Waals surface area (Å²) in [6.45, 7) is 0. The van der Waals surface area contributed by atoms with E-state index in [1.54, 1.807) is 54.6 Å². The smallest absolute Gasteiger partial charge is 0.339 e. The molecule has 5 N–H and O–H groups in total. The molecule has 0 saturated carbocycles. The lowest BCUT2D eigenvalue weighted by molar-refractivity contribution is 0.252. The van der Waals surface area contributed by atoms with E-state index in [-0.39, 0.29) is 28.5 Å². The zero-order chi connectivity index (χ0) is 21.5. The van der Waals surface area contributed by atoms with Crippen LogP contribution in [0.15, 0.2) is 82.4 Å². The number of nitrogens with zero attached hydrogens (tertiary/aromatic N) is 1. The van der Waals surface area contributed by atoms with E-state index < -0.39 is 6.03 Å². The number of hydrogen-bond acceptors (Lipinski definition) is 5. The van der Waals surface area contributed by atoms with E-state index in [1.165, 1.54) is 24.3 Å². The fourth-order valence-electron chi connectivity index (χ4n) is 2.52. The van der Waals surface area contributed by atoms with Crippen LogP contribution in [-0.2, 0) is 0 Å². The predicted molar refractivity (Wildman–Crippen MR) is 120 cm³/mol. The maximum atomic E-state index is 12.2. The Bertz CT molecular complexity index is 1110. The summed E-state index contributed by atoms with van der Waals surface area (Å²) in [4.78, 5) is 12.2. The van der Waals surface area contributed by atoms with Crippen molar-refractivity contribution in [1.82, 2.24) is 5.43 Å². The molecule has 0 radical (unpaired) electrons. The molecule has 0 spiro atoms. The minimum Gasteiger partial charge on any atom is -0.508 e. The third-order valence-corrected chi connectivity index (χ3v) is 4.52. The number of nitrogens with one attached hydrogen (secondary N) is 2. The van der Waals surface area contributed by atoms with Crippen molar-refractivity contribution in [2.75, 3.05) is 5.32 Å². The molecule has 0 aliphatic carbocycles. The number of benzene rings is 3. The van der Waals surface area contributed by atoms with Gasteiger partial charge < -0.3 is 20.6 Å². The summed E-state index contributed by atoms with van der Waals surface area (Å²) in [5, 5.41) is 36.4. The first-order valence-corrected chi connectivity index (χ1v) is 9.60. The third-order valence-electron chi connectivity index (χ3n) is 3.99. The van der Waals surface area contributed by atoms with Gasteiger partial charge in [0, 0.05) is 27.4 Å². The van der Waals surface area contributed by atoms with Crippen molar-refractivity contribution >= 4 is 39.4 Å². The van der Waals surface area contributed by atoms with E-state index in [9.17, 15) is 20.1 Å². The fraction of sp³-hybridized carbons (Fsp3) is 0. The van der Waals surface area contributed by atoms with Crippen LogP contribution in [0.1, 0.15) is 11.1 Å². The van der Waals surface area contributed by atoms with Gasteiger partial charge in [-0.1, -0.05) is 34.1 Å². The van der Waals surface area contributed by atoms with E-state index in [0.29, 0.717) is 11.3 Å². The molecule has 2 amide bonds. The van der Waals surface area contributed by atoms with E-state index in [0.717, 1.165) is 4.47 Å². The monoisotopic (exact) mass is 467 g/mol. The molecule has 0 bridgehead atoms. The van der Waals surface area contributed by atoms with Crippen molar-refractivity contribution in [3.8, 4) is 17.2 Å². The fourth-order valence-corrected chi connectivity index (χ4v) is 2.79. The Kier molecular flexibility index (Phi) is 6.71. The summed E-state index contributed by atoms with van der Waals surface area (Å²) in [6, 6.07) is 17.2. The zero-order valence-electron chi connectivity index (χ0n) is 15.6. The van der Waals surface area contributed by atoms with Crippen molar-refractivity contribution < 1.29 is 20.1 Å². The zero-order valence-corrected chi connectivity index (χ0v) is 17.2. The number of aromatic hydroxyl groups is 3. The summed E-state index contributed by atoms with van der Waals surface area (Å²) in [7, 11) is 0. The highest BCUT2D eigenvalue weighted by Gasteiger charge is 2.09. The Morgan fingerprint density at radius 2 is 1.67 bits per heavy atom. The minimum absolute atomic E-state index is 0.0731. The second kappa shape index (κ2) is 9.62. The van der Waals surface area contributed by atoms with Gasteiger partial charge in [0.2, 0.25) is 0 Å². The molecule has 3 rings (SSSR count). The number of hydrogen-bond donors (Lipinski definition) is 5. The molecule has 0 aliphatic rings. The Balaban J connectivity index is 1.85. The quantitative estimate of drug-likeness (QED) is 0.273. The number of allylic oxidation sites excluding steroid dienone is 1. The Labute approximate surface area is 181 Å². The molecule has 3 aromatic rings. The van der Waals surface area contributed by atoms with E-state index >= 15 is 0 Å². The lowest BCUT2D eigenvalue weighted by Crippen LogP contribution is -2.25. The number of amides is 2. The van der Waals surface area contributed by atoms with Gasteiger partial charge in [0.15, 0.2) is 0 Å². The number of para-hydroxylation sites is 1. The standard InChI is InChI=1S/C22H18BrN3O4/c23-15-6-8-16(9-7-15)24-22(30)26-25-19(18-11-10-17(27)13-21(18)29)12-5-14-3-1-2-4-20(14)28/h1-13,27-29H,(H2,24,26,30)/b12-5+,25-19+. The molecule has 0 aromatic heterocycles. The van der Waals surface area contributed by atoms with Crippen LogP contribution in [0.2, 0.25) is 0 Å². The summed E-state index contributed by atoms with van der Waals surface area (Å²) in [5.74, 6) is -0.254. The molecule has 3 aromatic carbocycles. The van der Waals surface area contributed by atoms with Crippen LogP contribution < -0.4 is 10.7 Å². The highest BCUT2D eigenvalue weighted by Crippen LogP contribution is 2.24. The number of carbonyl (C=O) groups is 1. The predicted octanol–water partition coefficient (Wildman–Crippen LogP) is 4.81. The minimum atomic E-state index is -0.580. The van der Waals surface area contributed by atoms with Gasteiger partial charge in [-0.25, -0.2) is 10.2 Å². The first-order chi connectivity index (χ1) is 14.4. The molecular weight excluding hydrogens is 450 g/mol. The maximum absolute atomic E-state index is 12.2. The average molecular weight is 468 g/mol. The number of hydrazone groups is 1. The largest absolute Gasteiger partial charge is 0.508 e. The van der Waals surface area contributed by atoms with Crippen LogP contribution in [0.3, 0.4) is 0 Å². The molecule has 152 valence electrons. The topological polar surface area (TPSA) is 114 Å². The van der Waals surface area contributed by atoms with Gasteiger partial charge in [-0.2, -0.15) is 5.10 Å². The molecular formula is C22H18BrN3O4. The maximum Gasteiger partial charge on any atom is 0.339 e. The van der Waals surface area contributed by atoms with E-state index in [2.05, 4.69) is 31.8 Å². The van der Waals surface area contributed by atoms with Gasteiger partial charge >= 0.3 is 6.03 Å². The van der Waals surface area contributed by atoms with Gasteiger partial charge in [-0.15, -0.1) is 0 Å². The van der Waals surface area contributed by atoms with Crippen LogP contribution in [0, 0.1) is 0 Å². The summed E-state index contributed by atoms with van der Waals surface area (Å²) in [5.41, 5.74) is 3.97. The number of carbonyl (C=O) groups excluding carboxylic acids is 1. The SMILES string of the molecule is O=C(N/N=C(\C=C\c1ccccc1O)c1ccc(O)cc1O)Nc1ccc(Br)cc1. The number of urea groups is 1. The van der Waals surface area contributed by atoms with E-state index in [1.807, 2.05) is 0 Å². The Morgan fingerprint density at radius 3 is 2.37 bits per heavy atom. The van der Waals surface area contributed by atoms with Gasteiger partial charge in [0.1, 0.15) is 17.2 Å². The average Bonchev–Trinajstić information content (AvgIpc) is 2.71. The molecule has 0 aliphatic heterocycles. The first-order valence-electron chi connectivity index (χ1n) is 8.81. The third kappa shape index (κ3) is 5.62. The van der Waals surface area contributed by atoms with Gasteiger partial charge in [-0.05, 0) is 54.6 Å². The van der Waals surface area contributed by atoms with Gasteiger partial charge in [-0.3, -0.25) is 0 Å². The highest BCUT2D eigenvalue weighted by molar-refractivity contribution is 9.10. The molecule has 8 heteroatoms. The van der Waals surface area contributed by atoms with Crippen LogP contribution in [-0.4, -0.2) is 27.1 Å². The normalized spacial score (nSPS) is 11.4. The molecule has 0 heterocycles. The number of rotatable bonds is 5. The van der Waals surface area contributed by atoms with E-state index in [4.69, 9.17) is 0 Å². The molecule has 0 fully saturated rings. The van der Waals surface area contributed by atoms with Crippen LogP contribution in [0.25, 0.3) is 6.08 Å². The second-order valence-electron chi connectivity index (χ2n) is 6.16. The molecule has 30 heavy (non-hydrogen) atoms. The number of anilines is 1. The molecule has 0 unspecified atom stereocenters. The second-order valence-corrected chi connectivity index (χ2v) is 7.08. The molecule has 0 saturated heterocycles. The van der Waals surface area contributed by atoms with Gasteiger partial charge in [0.25, 0.3) is 0 Å². The first kappa shape index (κ1) is 20.9. The number of phenols is 3. The lowest BCUT2D eigenvalue weighted by atomic mass is 10.1.